The molecule has 2 aromatic heterocycles. The maximum absolute atomic E-state index is 12.1. The van der Waals surface area contributed by atoms with E-state index in [1.54, 1.807) is 11.6 Å². The molecule has 26 heavy (non-hydrogen) atoms. The highest BCUT2D eigenvalue weighted by Gasteiger charge is 2.24. The van der Waals surface area contributed by atoms with Gasteiger partial charge in [0, 0.05) is 17.5 Å². The van der Waals surface area contributed by atoms with Gasteiger partial charge in [0.25, 0.3) is 5.69 Å². The van der Waals surface area contributed by atoms with E-state index in [2.05, 4.69) is 20.8 Å². The van der Waals surface area contributed by atoms with Crippen LogP contribution in [0.4, 0.5) is 5.13 Å². The topological polar surface area (TPSA) is 90.2 Å². The van der Waals surface area contributed by atoms with Crippen LogP contribution in [0.5, 0.6) is 5.95 Å². The van der Waals surface area contributed by atoms with Gasteiger partial charge in [-0.05, 0) is 10.2 Å². The number of para-hydroxylation sites is 1. The van der Waals surface area contributed by atoms with Gasteiger partial charge >= 0.3 is 0 Å². The van der Waals surface area contributed by atoms with Crippen LogP contribution < -0.4 is 15.2 Å². The second kappa shape index (κ2) is 7.16. The van der Waals surface area contributed by atoms with Crippen molar-refractivity contribution in [2.24, 2.45) is 5.10 Å². The highest BCUT2D eigenvalue weighted by Crippen LogP contribution is 2.27. The summed E-state index contributed by atoms with van der Waals surface area (Å²) in [5, 5.41) is 22.4. The zero-order valence-corrected chi connectivity index (χ0v) is 14.3. The molecule has 0 saturated carbocycles. The molecular formula is C18H13N5O2S. The summed E-state index contributed by atoms with van der Waals surface area (Å²) >= 11 is 1.34. The lowest BCUT2D eigenvalue weighted by atomic mass is 10.2. The Morgan fingerprint density at radius 3 is 2.58 bits per heavy atom. The summed E-state index contributed by atoms with van der Waals surface area (Å²) in [5.74, 6) is -0.543. The predicted molar refractivity (Wildman–Crippen MR) is 96.2 cm³/mol. The fourth-order valence-electron chi connectivity index (χ4n) is 2.34. The van der Waals surface area contributed by atoms with Gasteiger partial charge in [-0.2, -0.15) is 5.10 Å². The second-order valence-electron chi connectivity index (χ2n) is 5.27. The summed E-state index contributed by atoms with van der Waals surface area (Å²) in [6, 6.07) is 19.0. The Labute approximate surface area is 152 Å². The van der Waals surface area contributed by atoms with Gasteiger partial charge in [0.15, 0.2) is 11.6 Å². The Hall–Kier alpha value is -3.52. The molecule has 0 saturated heterocycles. The van der Waals surface area contributed by atoms with Gasteiger partial charge in [-0.3, -0.25) is 5.43 Å². The molecule has 2 aromatic carbocycles. The zero-order chi connectivity index (χ0) is 17.8. The molecule has 0 aliphatic rings. The Bertz CT molecular complexity index is 1030. The minimum absolute atomic E-state index is 0.271. The van der Waals surface area contributed by atoms with Crippen LogP contribution >= 0.6 is 11.3 Å². The van der Waals surface area contributed by atoms with E-state index in [0.717, 1.165) is 11.3 Å². The van der Waals surface area contributed by atoms with Crippen LogP contribution in [0.15, 0.2) is 75.7 Å². The highest BCUT2D eigenvalue weighted by atomic mass is 32.1. The highest BCUT2D eigenvalue weighted by molar-refractivity contribution is 7.14. The number of aromatic nitrogens is 3. The van der Waals surface area contributed by atoms with Crippen LogP contribution in [0, 0.1) is 0 Å². The van der Waals surface area contributed by atoms with Crippen molar-refractivity contribution in [3.8, 4) is 23.0 Å². The predicted octanol–water partition coefficient (Wildman–Crippen LogP) is 2.59. The minimum Gasteiger partial charge on any atom is -0.539 e. The largest absolute Gasteiger partial charge is 0.539 e. The van der Waals surface area contributed by atoms with Gasteiger partial charge in [0.2, 0.25) is 10.8 Å². The van der Waals surface area contributed by atoms with Gasteiger partial charge in [0.05, 0.1) is 11.5 Å². The molecule has 4 rings (SSSR count). The normalized spacial score (nSPS) is 11.1. The first kappa shape index (κ1) is 16.0. The van der Waals surface area contributed by atoms with Crippen molar-refractivity contribution >= 4 is 22.7 Å². The zero-order valence-electron chi connectivity index (χ0n) is 13.4. The fraction of sp³-hybridized carbons (Fsp3) is 0. The van der Waals surface area contributed by atoms with Crippen molar-refractivity contribution < 1.29 is 14.3 Å². The summed E-state index contributed by atoms with van der Waals surface area (Å²) in [7, 11) is 0. The average Bonchev–Trinajstić information content (AvgIpc) is 3.29. The minimum atomic E-state index is -0.543. The molecule has 7 nitrogen and oxygen atoms in total. The number of nitrogens with zero attached hydrogens (tertiary/aromatic N) is 4. The maximum atomic E-state index is 12.1. The van der Waals surface area contributed by atoms with Crippen molar-refractivity contribution in [1.82, 2.24) is 10.3 Å². The van der Waals surface area contributed by atoms with Gasteiger partial charge in [-0.1, -0.05) is 48.5 Å². The Kier molecular flexibility index (Phi) is 4.40. The molecule has 0 unspecified atom stereocenters. The van der Waals surface area contributed by atoms with Crippen LogP contribution in [0.25, 0.3) is 17.1 Å². The van der Waals surface area contributed by atoms with Crippen LogP contribution in [-0.4, -0.2) is 16.5 Å². The number of rotatable bonds is 5. The van der Waals surface area contributed by atoms with E-state index < -0.39 is 5.95 Å². The third-order valence-corrected chi connectivity index (χ3v) is 4.28. The lowest BCUT2D eigenvalue weighted by molar-refractivity contribution is -0.660. The summed E-state index contributed by atoms with van der Waals surface area (Å²) < 4.78 is 6.26. The average molecular weight is 363 g/mol. The van der Waals surface area contributed by atoms with E-state index in [1.807, 2.05) is 60.7 Å². The second-order valence-corrected chi connectivity index (χ2v) is 6.13. The van der Waals surface area contributed by atoms with E-state index >= 15 is 0 Å². The van der Waals surface area contributed by atoms with E-state index in [-0.39, 0.29) is 5.69 Å². The molecule has 0 atom stereocenters. The molecule has 0 fully saturated rings. The van der Waals surface area contributed by atoms with Crippen molar-refractivity contribution in [2.45, 2.75) is 0 Å². The van der Waals surface area contributed by atoms with Crippen LogP contribution in [0.2, 0.25) is 0 Å². The quantitative estimate of drug-likeness (QED) is 0.334. The monoisotopic (exact) mass is 363 g/mol. The molecule has 4 aromatic rings. The molecule has 8 heteroatoms. The maximum Gasteiger partial charge on any atom is 0.289 e. The molecule has 2 heterocycles. The molecule has 1 N–H and O–H groups in total. The number of benzene rings is 2. The third-order valence-electron chi connectivity index (χ3n) is 3.53. The SMILES string of the molecule is [O-]c1on[n+](-c2ccccc2)c1-c1csc(N/N=C/c2ccccc2)n1. The third kappa shape index (κ3) is 3.31. The first-order chi connectivity index (χ1) is 12.8. The Balaban J connectivity index is 1.57. The molecule has 128 valence electrons. The molecule has 0 aliphatic carbocycles. The standard InChI is InChI=1S/C18H13N5O2S/c24-17-16(23(22-25-17)14-9-5-2-6-10-14)15-12-26-18(20-15)21-19-11-13-7-3-1-4-8-13/h1-12H,(H-,20,21,22,24)/b19-11+. The lowest BCUT2D eigenvalue weighted by Gasteiger charge is -1.95. The van der Waals surface area contributed by atoms with Gasteiger partial charge in [-0.15, -0.1) is 11.3 Å². The summed E-state index contributed by atoms with van der Waals surface area (Å²) in [6.07, 6.45) is 1.70. The van der Waals surface area contributed by atoms with Crippen molar-refractivity contribution in [3.63, 3.8) is 0 Å². The van der Waals surface area contributed by atoms with Crippen molar-refractivity contribution in [1.29, 1.82) is 0 Å². The van der Waals surface area contributed by atoms with E-state index in [0.29, 0.717) is 10.8 Å². The molecule has 0 radical (unpaired) electrons. The Morgan fingerprint density at radius 2 is 1.81 bits per heavy atom. The smallest absolute Gasteiger partial charge is 0.289 e. The molecular weight excluding hydrogens is 350 g/mol. The molecule has 0 amide bonds. The molecule has 0 bridgehead atoms. The number of anilines is 1. The van der Waals surface area contributed by atoms with E-state index in [9.17, 15) is 5.11 Å². The molecule has 0 spiro atoms. The van der Waals surface area contributed by atoms with Gasteiger partial charge in [0.1, 0.15) is 0 Å². The molecule has 0 aliphatic heterocycles. The van der Waals surface area contributed by atoms with E-state index in [4.69, 9.17) is 4.52 Å². The van der Waals surface area contributed by atoms with Crippen LogP contribution in [0.1, 0.15) is 5.56 Å². The summed E-state index contributed by atoms with van der Waals surface area (Å²) in [4.78, 5) is 4.40. The number of hydrogen-bond acceptors (Lipinski definition) is 7. The number of thiazole rings is 1. The number of hydrogen-bond donors (Lipinski definition) is 1. The fourth-order valence-corrected chi connectivity index (χ4v) is 2.99. The number of nitrogens with one attached hydrogen (secondary N) is 1. The van der Waals surface area contributed by atoms with Crippen LogP contribution in [-0.2, 0) is 0 Å². The summed E-state index contributed by atoms with van der Waals surface area (Å²) in [5.41, 5.74) is 5.31. The summed E-state index contributed by atoms with van der Waals surface area (Å²) in [6.45, 7) is 0. The lowest BCUT2D eigenvalue weighted by Crippen LogP contribution is -2.34. The number of hydrazone groups is 1. The van der Waals surface area contributed by atoms with Gasteiger partial charge < -0.3 is 9.63 Å². The first-order valence-electron chi connectivity index (χ1n) is 7.76. The van der Waals surface area contributed by atoms with Crippen molar-refractivity contribution in [3.05, 3.63) is 71.6 Å². The Morgan fingerprint density at radius 1 is 1.08 bits per heavy atom. The van der Waals surface area contributed by atoms with E-state index in [1.165, 1.54) is 16.0 Å². The van der Waals surface area contributed by atoms with Crippen molar-refractivity contribution in [2.75, 3.05) is 5.43 Å². The van der Waals surface area contributed by atoms with Crippen LogP contribution in [0.3, 0.4) is 0 Å². The first-order valence-corrected chi connectivity index (χ1v) is 8.64. The van der Waals surface area contributed by atoms with Gasteiger partial charge in [-0.25, -0.2) is 4.98 Å².